The second-order valence-corrected chi connectivity index (χ2v) is 13.6. The molecule has 0 radical (unpaired) electrons. The smallest absolute Gasteiger partial charge is 0.158 e. The van der Waals surface area contributed by atoms with Gasteiger partial charge in [-0.25, -0.2) is 4.68 Å². The first kappa shape index (κ1) is 29.3. The topological polar surface area (TPSA) is 76.7 Å². The Hall–Kier alpha value is -1.92. The molecule has 0 amide bonds. The SMILES string of the molecule is CC1=NO[C@](C)(CCC(C)(C)c2cn(C(C)(C)C)nn2)C(C)(C)NN=C(C)[C@@H](C)[C@@H](C)C1C(C)C. The molecule has 1 aliphatic heterocycles. The van der Waals surface area contributed by atoms with Gasteiger partial charge in [0.05, 0.1) is 22.5 Å². The molecule has 0 aliphatic carbocycles. The van der Waals surface area contributed by atoms with Crippen molar-refractivity contribution in [1.82, 2.24) is 20.4 Å². The monoisotopic (exact) mass is 488 g/mol. The molecule has 1 unspecified atom stereocenters. The Morgan fingerprint density at radius 2 is 1.66 bits per heavy atom. The molecule has 0 aromatic carbocycles. The molecular formula is C28H52N6O. The molecule has 0 bridgehead atoms. The third-order valence-corrected chi connectivity index (χ3v) is 8.54. The Morgan fingerprint density at radius 1 is 1.06 bits per heavy atom. The summed E-state index contributed by atoms with van der Waals surface area (Å²) in [6.45, 7) is 30.7. The maximum absolute atomic E-state index is 6.49. The van der Waals surface area contributed by atoms with Crippen LogP contribution in [0.5, 0.6) is 0 Å². The maximum Gasteiger partial charge on any atom is 0.158 e. The molecule has 1 aliphatic rings. The van der Waals surface area contributed by atoms with Gasteiger partial charge in [0.1, 0.15) is 0 Å². The number of aromatic nitrogens is 3. The summed E-state index contributed by atoms with van der Waals surface area (Å²) < 4.78 is 1.94. The molecule has 1 aromatic rings. The number of rotatable bonds is 5. The van der Waals surface area contributed by atoms with Crippen LogP contribution >= 0.6 is 0 Å². The van der Waals surface area contributed by atoms with E-state index in [1.807, 2.05) is 4.68 Å². The average Bonchev–Trinajstić information content (AvgIpc) is 3.25. The van der Waals surface area contributed by atoms with Crippen LogP contribution < -0.4 is 5.43 Å². The quantitative estimate of drug-likeness (QED) is 0.510. The van der Waals surface area contributed by atoms with Gasteiger partial charge in [0, 0.05) is 23.2 Å². The number of hydrogen-bond acceptors (Lipinski definition) is 6. The summed E-state index contributed by atoms with van der Waals surface area (Å²) in [7, 11) is 0. The average molecular weight is 489 g/mol. The molecule has 0 saturated heterocycles. The zero-order valence-corrected chi connectivity index (χ0v) is 24.9. The number of hydrogen-bond donors (Lipinski definition) is 1. The Bertz CT molecular complexity index is 920. The van der Waals surface area contributed by atoms with Crippen LogP contribution in [0.2, 0.25) is 0 Å². The zero-order chi connectivity index (χ0) is 27.0. The van der Waals surface area contributed by atoms with E-state index in [0.717, 1.165) is 30.0 Å². The van der Waals surface area contributed by atoms with Crippen molar-refractivity contribution in [3.8, 4) is 0 Å². The fourth-order valence-electron chi connectivity index (χ4n) is 4.90. The largest absolute Gasteiger partial charge is 0.387 e. The van der Waals surface area contributed by atoms with Gasteiger partial charge in [0.15, 0.2) is 5.60 Å². The van der Waals surface area contributed by atoms with Crippen molar-refractivity contribution in [2.24, 2.45) is 33.9 Å². The molecule has 0 spiro atoms. The van der Waals surface area contributed by atoms with Gasteiger partial charge in [0.2, 0.25) is 0 Å². The van der Waals surface area contributed by atoms with Crippen molar-refractivity contribution in [3.05, 3.63) is 11.9 Å². The van der Waals surface area contributed by atoms with Gasteiger partial charge in [-0.05, 0) is 86.0 Å². The minimum Gasteiger partial charge on any atom is -0.387 e. The van der Waals surface area contributed by atoms with Gasteiger partial charge in [-0.3, -0.25) is 0 Å². The summed E-state index contributed by atoms with van der Waals surface area (Å²) in [5.41, 5.74) is 5.34. The molecule has 4 atom stereocenters. The predicted molar refractivity (Wildman–Crippen MR) is 147 cm³/mol. The van der Waals surface area contributed by atoms with Crippen LogP contribution in [0.3, 0.4) is 0 Å². The number of nitrogens with one attached hydrogen (secondary N) is 1. The third-order valence-electron chi connectivity index (χ3n) is 8.54. The Morgan fingerprint density at radius 3 is 2.17 bits per heavy atom. The third kappa shape index (κ3) is 6.45. The molecule has 2 heterocycles. The van der Waals surface area contributed by atoms with Gasteiger partial charge in [-0.15, -0.1) is 5.10 Å². The lowest BCUT2D eigenvalue weighted by Crippen LogP contribution is -2.57. The van der Waals surface area contributed by atoms with Crippen molar-refractivity contribution in [2.45, 2.75) is 132 Å². The van der Waals surface area contributed by atoms with E-state index in [2.05, 4.69) is 119 Å². The van der Waals surface area contributed by atoms with Crippen molar-refractivity contribution < 1.29 is 4.84 Å². The number of hydrazone groups is 1. The summed E-state index contributed by atoms with van der Waals surface area (Å²) in [6, 6.07) is 0. The van der Waals surface area contributed by atoms with Crippen molar-refractivity contribution in [3.63, 3.8) is 0 Å². The van der Waals surface area contributed by atoms with Crippen LogP contribution in [-0.4, -0.2) is 37.6 Å². The van der Waals surface area contributed by atoms with E-state index in [4.69, 9.17) is 15.1 Å². The van der Waals surface area contributed by atoms with E-state index in [1.165, 1.54) is 0 Å². The summed E-state index contributed by atoms with van der Waals surface area (Å²) in [5, 5.41) is 18.6. The Kier molecular flexibility index (Phi) is 8.55. The summed E-state index contributed by atoms with van der Waals surface area (Å²) in [4.78, 5) is 6.49. The molecule has 200 valence electrons. The Balaban J connectivity index is 2.41. The molecule has 1 aromatic heterocycles. The second-order valence-electron chi connectivity index (χ2n) is 13.6. The van der Waals surface area contributed by atoms with Gasteiger partial charge in [0.25, 0.3) is 0 Å². The highest BCUT2D eigenvalue weighted by atomic mass is 16.7. The van der Waals surface area contributed by atoms with E-state index in [9.17, 15) is 0 Å². The first-order valence-electron chi connectivity index (χ1n) is 13.3. The number of nitrogens with zero attached hydrogens (tertiary/aromatic N) is 5. The first-order chi connectivity index (χ1) is 15.8. The van der Waals surface area contributed by atoms with E-state index in [-0.39, 0.29) is 11.0 Å². The van der Waals surface area contributed by atoms with E-state index < -0.39 is 11.1 Å². The van der Waals surface area contributed by atoms with Crippen LogP contribution in [0.25, 0.3) is 0 Å². The molecule has 0 saturated carbocycles. The van der Waals surface area contributed by atoms with E-state index >= 15 is 0 Å². The lowest BCUT2D eigenvalue weighted by Gasteiger charge is -2.43. The highest BCUT2D eigenvalue weighted by Crippen LogP contribution is 2.38. The van der Waals surface area contributed by atoms with Crippen LogP contribution in [-0.2, 0) is 15.8 Å². The summed E-state index contributed by atoms with van der Waals surface area (Å²) in [5.74, 6) is 1.53. The molecule has 2 rings (SSSR count). The minimum absolute atomic E-state index is 0.0968. The lowest BCUT2D eigenvalue weighted by molar-refractivity contribution is -0.0956. The maximum atomic E-state index is 6.49. The van der Waals surface area contributed by atoms with Gasteiger partial charge < -0.3 is 10.3 Å². The first-order valence-corrected chi connectivity index (χ1v) is 13.3. The van der Waals surface area contributed by atoms with Crippen LogP contribution in [0.15, 0.2) is 16.5 Å². The molecular weight excluding hydrogens is 436 g/mol. The van der Waals surface area contributed by atoms with Crippen molar-refractivity contribution in [1.29, 1.82) is 0 Å². The fourth-order valence-corrected chi connectivity index (χ4v) is 4.90. The normalized spacial score (nSPS) is 28.5. The molecule has 35 heavy (non-hydrogen) atoms. The zero-order valence-electron chi connectivity index (χ0n) is 24.9. The standard InChI is InChI=1S/C28H52N6O/c1-18(2)24-20(4)19(3)21(5)29-32-27(12,13)28(14,35-31-22(24)6)16-15-26(10,11)23-17-34(33-30-23)25(7,8)9/h17-20,24,32H,15-16H2,1-14H3/t19-,20+,24?,28+/m0/s1. The van der Waals surface area contributed by atoms with Crippen molar-refractivity contribution in [2.75, 3.05) is 0 Å². The summed E-state index contributed by atoms with van der Waals surface area (Å²) in [6.07, 6.45) is 3.73. The van der Waals surface area contributed by atoms with Crippen LogP contribution in [0.4, 0.5) is 0 Å². The van der Waals surface area contributed by atoms with Crippen molar-refractivity contribution >= 4 is 11.4 Å². The summed E-state index contributed by atoms with van der Waals surface area (Å²) >= 11 is 0. The van der Waals surface area contributed by atoms with Gasteiger partial charge >= 0.3 is 0 Å². The Labute approximate surface area is 214 Å². The molecule has 0 fully saturated rings. The fraction of sp³-hybridized carbons (Fsp3) is 0.857. The molecule has 7 heteroatoms. The predicted octanol–water partition coefficient (Wildman–Crippen LogP) is 6.54. The van der Waals surface area contributed by atoms with Crippen LogP contribution in [0.1, 0.15) is 115 Å². The highest BCUT2D eigenvalue weighted by molar-refractivity contribution is 5.87. The lowest BCUT2D eigenvalue weighted by atomic mass is 9.74. The van der Waals surface area contributed by atoms with E-state index in [1.54, 1.807) is 0 Å². The van der Waals surface area contributed by atoms with Gasteiger partial charge in [-0.1, -0.05) is 51.9 Å². The second kappa shape index (κ2) is 10.2. The number of oxime groups is 1. The molecule has 1 N–H and O–H groups in total. The van der Waals surface area contributed by atoms with E-state index in [0.29, 0.717) is 23.7 Å². The van der Waals surface area contributed by atoms with Gasteiger partial charge in [-0.2, -0.15) is 5.10 Å². The minimum atomic E-state index is -0.590. The molecule has 7 nitrogen and oxygen atoms in total. The van der Waals surface area contributed by atoms with Crippen LogP contribution in [0, 0.1) is 23.7 Å². The highest BCUT2D eigenvalue weighted by Gasteiger charge is 2.46.